The van der Waals surface area contributed by atoms with E-state index in [1.165, 1.54) is 0 Å². The summed E-state index contributed by atoms with van der Waals surface area (Å²) in [5.74, 6) is 1.95. The lowest BCUT2D eigenvalue weighted by molar-refractivity contribution is -0.138. The van der Waals surface area contributed by atoms with Crippen molar-refractivity contribution < 1.29 is 14.7 Å². The van der Waals surface area contributed by atoms with Crippen LogP contribution in [0.3, 0.4) is 0 Å². The van der Waals surface area contributed by atoms with Crippen molar-refractivity contribution >= 4 is 11.8 Å². The van der Waals surface area contributed by atoms with Crippen LogP contribution in [0.1, 0.15) is 13.3 Å². The number of terminal acetylenes is 1. The zero-order chi connectivity index (χ0) is 15.7. The van der Waals surface area contributed by atoms with Gasteiger partial charge in [0.25, 0.3) is 0 Å². The molecule has 6 nitrogen and oxygen atoms in total. The Hall–Kier alpha value is -1.42. The molecule has 1 rings (SSSR count). The van der Waals surface area contributed by atoms with Gasteiger partial charge in [-0.1, -0.05) is 0 Å². The van der Waals surface area contributed by atoms with Gasteiger partial charge in [-0.2, -0.15) is 0 Å². The maximum atomic E-state index is 11.3. The monoisotopic (exact) mass is 295 g/mol. The second-order valence-corrected chi connectivity index (χ2v) is 5.44. The smallest absolute Gasteiger partial charge is 0.317 e. The molecule has 0 spiro atoms. The van der Waals surface area contributed by atoms with E-state index in [0.717, 1.165) is 32.7 Å². The van der Waals surface area contributed by atoms with Crippen molar-refractivity contribution in [1.29, 1.82) is 0 Å². The number of carbonyl (C=O) groups is 2. The lowest BCUT2D eigenvalue weighted by atomic mass is 10.3. The van der Waals surface area contributed by atoms with Crippen LogP contribution in [-0.4, -0.2) is 90.5 Å². The molecule has 0 atom stereocenters. The average molecular weight is 295 g/mol. The number of rotatable bonds is 6. The van der Waals surface area contributed by atoms with Gasteiger partial charge in [-0.3, -0.25) is 24.3 Å². The summed E-state index contributed by atoms with van der Waals surface area (Å²) in [7, 11) is 0. The van der Waals surface area contributed by atoms with Crippen molar-refractivity contribution in [2.75, 3.05) is 58.9 Å². The zero-order valence-electron chi connectivity index (χ0n) is 12.8. The van der Waals surface area contributed by atoms with Gasteiger partial charge >= 0.3 is 5.97 Å². The summed E-state index contributed by atoms with van der Waals surface area (Å²) in [6, 6.07) is 0. The molecule has 0 aromatic rings. The number of aliphatic carboxylic acids is 1. The van der Waals surface area contributed by atoms with Crippen molar-refractivity contribution in [3.8, 4) is 12.3 Å². The predicted molar refractivity (Wildman–Crippen MR) is 81.1 cm³/mol. The summed E-state index contributed by atoms with van der Waals surface area (Å²) < 4.78 is 0. The van der Waals surface area contributed by atoms with Gasteiger partial charge in [0.2, 0.25) is 0 Å². The number of Topliss-reactive ketones (excluding diaryl/α,β-unsaturated/α-hetero) is 1. The fourth-order valence-corrected chi connectivity index (χ4v) is 2.45. The predicted octanol–water partition coefficient (Wildman–Crippen LogP) is -0.397. The first-order chi connectivity index (χ1) is 10.0. The number of nitrogens with zero attached hydrogens (tertiary/aromatic N) is 3. The molecule has 1 heterocycles. The summed E-state index contributed by atoms with van der Waals surface area (Å²) >= 11 is 0. The van der Waals surface area contributed by atoms with E-state index >= 15 is 0 Å². The number of hydrogen-bond donors (Lipinski definition) is 1. The zero-order valence-corrected chi connectivity index (χ0v) is 12.8. The molecular formula is C15H25N3O3. The molecule has 0 saturated carbocycles. The molecular weight excluding hydrogens is 270 g/mol. The number of carboxylic acids is 1. The molecule has 6 heteroatoms. The molecule has 1 aliphatic heterocycles. The van der Waals surface area contributed by atoms with Crippen LogP contribution in [0.4, 0.5) is 0 Å². The van der Waals surface area contributed by atoms with E-state index in [9.17, 15) is 9.59 Å². The molecule has 0 amide bonds. The first-order valence-electron chi connectivity index (χ1n) is 7.33. The van der Waals surface area contributed by atoms with Crippen LogP contribution >= 0.6 is 0 Å². The summed E-state index contributed by atoms with van der Waals surface area (Å²) in [4.78, 5) is 28.5. The van der Waals surface area contributed by atoms with Gasteiger partial charge in [0.15, 0.2) is 0 Å². The van der Waals surface area contributed by atoms with E-state index in [2.05, 4.69) is 15.7 Å². The van der Waals surface area contributed by atoms with Crippen molar-refractivity contribution in [3.63, 3.8) is 0 Å². The lowest BCUT2D eigenvalue weighted by Crippen LogP contribution is -2.40. The van der Waals surface area contributed by atoms with Gasteiger partial charge in [0.1, 0.15) is 5.78 Å². The lowest BCUT2D eigenvalue weighted by Gasteiger charge is -2.24. The molecule has 1 aliphatic rings. The molecule has 1 fully saturated rings. The molecule has 118 valence electrons. The topological polar surface area (TPSA) is 64.1 Å². The Kier molecular flexibility index (Phi) is 7.98. The number of ketones is 1. The van der Waals surface area contributed by atoms with Gasteiger partial charge in [-0.05, 0) is 6.92 Å². The Morgan fingerprint density at radius 2 is 1.48 bits per heavy atom. The fourth-order valence-electron chi connectivity index (χ4n) is 2.45. The van der Waals surface area contributed by atoms with E-state index in [-0.39, 0.29) is 12.3 Å². The maximum Gasteiger partial charge on any atom is 0.317 e. The highest BCUT2D eigenvalue weighted by atomic mass is 16.4. The quantitative estimate of drug-likeness (QED) is 0.673. The Labute approximate surface area is 126 Å². The minimum atomic E-state index is -0.817. The third-order valence-corrected chi connectivity index (χ3v) is 3.57. The second kappa shape index (κ2) is 9.50. The molecule has 21 heavy (non-hydrogen) atoms. The van der Waals surface area contributed by atoms with Crippen molar-refractivity contribution in [2.24, 2.45) is 0 Å². The summed E-state index contributed by atoms with van der Waals surface area (Å²) in [6.45, 7) is 7.43. The van der Waals surface area contributed by atoms with Gasteiger partial charge in [-0.15, -0.1) is 12.3 Å². The summed E-state index contributed by atoms with van der Waals surface area (Å²) in [5.41, 5.74) is 0. The Balaban J connectivity index is 2.64. The van der Waals surface area contributed by atoms with E-state index < -0.39 is 5.97 Å². The minimum Gasteiger partial charge on any atom is -0.480 e. The molecule has 1 N–H and O–H groups in total. The third kappa shape index (κ3) is 7.81. The molecule has 0 bridgehead atoms. The van der Waals surface area contributed by atoms with Crippen molar-refractivity contribution in [2.45, 2.75) is 13.3 Å². The minimum absolute atomic E-state index is 0.0386. The highest BCUT2D eigenvalue weighted by Gasteiger charge is 2.18. The molecule has 0 radical (unpaired) electrons. The van der Waals surface area contributed by atoms with E-state index in [1.807, 2.05) is 4.90 Å². The Morgan fingerprint density at radius 3 is 1.90 bits per heavy atom. The van der Waals surface area contributed by atoms with Crippen LogP contribution in [0.15, 0.2) is 0 Å². The molecule has 1 saturated heterocycles. The summed E-state index contributed by atoms with van der Waals surface area (Å²) in [6.07, 6.45) is 6.00. The first kappa shape index (κ1) is 17.6. The molecule has 0 aromatic heterocycles. The van der Waals surface area contributed by atoms with Crippen LogP contribution in [0.25, 0.3) is 0 Å². The van der Waals surface area contributed by atoms with Crippen LogP contribution < -0.4 is 0 Å². The summed E-state index contributed by atoms with van der Waals surface area (Å²) in [5, 5.41) is 8.97. The highest BCUT2D eigenvalue weighted by Crippen LogP contribution is 2.01. The van der Waals surface area contributed by atoms with Crippen LogP contribution in [0.5, 0.6) is 0 Å². The standard InChI is InChI=1S/C15H25N3O3/c1-3-4-5-16-6-8-17(12-14(2)19)10-11-18(9-7-16)13-15(20)21/h1H,4-13H2,2H3,(H,20,21). The number of carbonyl (C=O) groups excluding carboxylic acids is 1. The van der Waals surface area contributed by atoms with Gasteiger partial charge in [-0.25, -0.2) is 0 Å². The van der Waals surface area contributed by atoms with Crippen LogP contribution in [0.2, 0.25) is 0 Å². The van der Waals surface area contributed by atoms with Crippen molar-refractivity contribution in [3.05, 3.63) is 0 Å². The van der Waals surface area contributed by atoms with E-state index in [4.69, 9.17) is 11.5 Å². The Bertz CT molecular complexity index is 364. The SMILES string of the molecule is C#CCCN1CCN(CC(C)=O)CCN(CC(=O)O)CC1. The fraction of sp³-hybridized carbons (Fsp3) is 0.733. The maximum absolute atomic E-state index is 11.3. The van der Waals surface area contributed by atoms with Crippen LogP contribution in [-0.2, 0) is 9.59 Å². The van der Waals surface area contributed by atoms with E-state index in [0.29, 0.717) is 26.1 Å². The second-order valence-electron chi connectivity index (χ2n) is 5.44. The molecule has 0 aliphatic carbocycles. The van der Waals surface area contributed by atoms with E-state index in [1.54, 1.807) is 6.92 Å². The average Bonchev–Trinajstić information content (AvgIpc) is 2.48. The number of hydrogen-bond acceptors (Lipinski definition) is 5. The number of carboxylic acid groups (broad SMARTS) is 1. The van der Waals surface area contributed by atoms with Crippen molar-refractivity contribution in [1.82, 2.24) is 14.7 Å². The first-order valence-corrected chi connectivity index (χ1v) is 7.33. The van der Waals surface area contributed by atoms with Gasteiger partial charge in [0.05, 0.1) is 13.1 Å². The van der Waals surface area contributed by atoms with Crippen LogP contribution in [0, 0.1) is 12.3 Å². The largest absolute Gasteiger partial charge is 0.480 e. The molecule has 0 unspecified atom stereocenters. The third-order valence-electron chi connectivity index (χ3n) is 3.57. The van der Waals surface area contributed by atoms with Gasteiger partial charge < -0.3 is 5.11 Å². The Morgan fingerprint density at radius 1 is 1.00 bits per heavy atom. The van der Waals surface area contributed by atoms with Gasteiger partial charge in [0, 0.05) is 52.2 Å². The molecule has 0 aromatic carbocycles. The normalized spacial score (nSPS) is 19.2. The highest BCUT2D eigenvalue weighted by molar-refractivity contribution is 5.77.